The van der Waals surface area contributed by atoms with E-state index in [1.54, 1.807) is 11.8 Å². The van der Waals surface area contributed by atoms with Gasteiger partial charge in [-0.3, -0.25) is 4.79 Å². The van der Waals surface area contributed by atoms with Gasteiger partial charge in [0.1, 0.15) is 5.75 Å². The molecule has 0 aromatic heterocycles. The number of hydrogen-bond donors (Lipinski definition) is 1. The van der Waals surface area contributed by atoms with E-state index in [4.69, 9.17) is 16.3 Å². The Morgan fingerprint density at radius 3 is 2.62 bits per heavy atom. The van der Waals surface area contributed by atoms with Gasteiger partial charge in [0.2, 0.25) is 0 Å². The Labute approximate surface area is 164 Å². The number of nitrogens with one attached hydrogen (secondary N) is 1. The molecule has 0 saturated heterocycles. The number of ether oxygens (including phenoxy) is 1. The van der Waals surface area contributed by atoms with Crippen molar-refractivity contribution in [2.75, 3.05) is 6.61 Å². The van der Waals surface area contributed by atoms with Crippen molar-refractivity contribution in [3.8, 4) is 5.75 Å². The van der Waals surface area contributed by atoms with Gasteiger partial charge in [-0.1, -0.05) is 24.4 Å². The number of carbonyl (C=O) groups is 1. The molecule has 0 radical (unpaired) electrons. The Morgan fingerprint density at radius 2 is 1.92 bits per heavy atom. The number of carbonyl (C=O) groups excluding carboxylic acids is 1. The minimum atomic E-state index is 0.0118. The van der Waals surface area contributed by atoms with Crippen molar-refractivity contribution in [3.63, 3.8) is 0 Å². The van der Waals surface area contributed by atoms with Gasteiger partial charge < -0.3 is 10.1 Å². The number of rotatable bonds is 7. The molecule has 1 aliphatic carbocycles. The van der Waals surface area contributed by atoms with Crippen molar-refractivity contribution in [2.24, 2.45) is 0 Å². The molecule has 0 heterocycles. The van der Waals surface area contributed by atoms with E-state index >= 15 is 0 Å². The fourth-order valence-electron chi connectivity index (χ4n) is 3.16. The minimum Gasteiger partial charge on any atom is -0.494 e. The predicted octanol–water partition coefficient (Wildman–Crippen LogP) is 5.70. The minimum absolute atomic E-state index is 0.0118. The van der Waals surface area contributed by atoms with Crippen molar-refractivity contribution < 1.29 is 9.53 Å². The van der Waals surface area contributed by atoms with Crippen LogP contribution < -0.4 is 10.1 Å². The molecule has 1 amide bonds. The summed E-state index contributed by atoms with van der Waals surface area (Å²) in [5, 5.41) is 3.88. The van der Waals surface area contributed by atoms with E-state index in [1.807, 2.05) is 49.4 Å². The number of halogens is 1. The molecule has 0 bridgehead atoms. The van der Waals surface area contributed by atoms with Gasteiger partial charge in [0.05, 0.1) is 6.61 Å². The molecule has 2 aromatic carbocycles. The number of benzene rings is 2. The highest BCUT2D eigenvalue weighted by Crippen LogP contribution is 2.30. The summed E-state index contributed by atoms with van der Waals surface area (Å²) in [6.07, 6.45) is 4.58. The first-order valence-corrected chi connectivity index (χ1v) is 10.5. The standard InChI is InChI=1S/C21H24ClNO2S/c1-2-25-20-12-7-15(21(24)23-18-5-3-4-6-18)13-16(20)14-26-19-10-8-17(22)9-11-19/h7-13,18H,2-6,14H2,1H3,(H,23,24). The van der Waals surface area contributed by atoms with Gasteiger partial charge in [0, 0.05) is 32.8 Å². The lowest BCUT2D eigenvalue weighted by atomic mass is 10.1. The number of amides is 1. The first-order valence-electron chi connectivity index (χ1n) is 9.10. The van der Waals surface area contributed by atoms with Crippen LogP contribution in [0, 0.1) is 0 Å². The van der Waals surface area contributed by atoms with Gasteiger partial charge in [0.15, 0.2) is 0 Å². The maximum absolute atomic E-state index is 12.6. The summed E-state index contributed by atoms with van der Waals surface area (Å²) >= 11 is 7.65. The largest absolute Gasteiger partial charge is 0.494 e. The van der Waals surface area contributed by atoms with Crippen LogP contribution in [0.25, 0.3) is 0 Å². The summed E-state index contributed by atoms with van der Waals surface area (Å²) in [5.41, 5.74) is 1.73. The Hall–Kier alpha value is -1.65. The van der Waals surface area contributed by atoms with Crippen LogP contribution >= 0.6 is 23.4 Å². The molecule has 5 heteroatoms. The van der Waals surface area contributed by atoms with Gasteiger partial charge in [-0.25, -0.2) is 0 Å². The van der Waals surface area contributed by atoms with Crippen molar-refractivity contribution in [1.29, 1.82) is 0 Å². The lowest BCUT2D eigenvalue weighted by molar-refractivity contribution is 0.0937. The first kappa shape index (κ1) is 19.1. The van der Waals surface area contributed by atoms with Crippen LogP contribution in [-0.4, -0.2) is 18.6 Å². The predicted molar refractivity (Wildman–Crippen MR) is 108 cm³/mol. The number of hydrogen-bond acceptors (Lipinski definition) is 3. The highest BCUT2D eigenvalue weighted by Gasteiger charge is 2.18. The van der Waals surface area contributed by atoms with E-state index in [-0.39, 0.29) is 5.91 Å². The van der Waals surface area contributed by atoms with Gasteiger partial charge in [-0.05, 0) is 62.2 Å². The summed E-state index contributed by atoms with van der Waals surface area (Å²) in [5.74, 6) is 1.59. The van der Waals surface area contributed by atoms with Crippen molar-refractivity contribution >= 4 is 29.3 Å². The topological polar surface area (TPSA) is 38.3 Å². The number of thioether (sulfide) groups is 1. The molecule has 26 heavy (non-hydrogen) atoms. The van der Waals surface area contributed by atoms with Crippen LogP contribution in [0.2, 0.25) is 5.02 Å². The van der Waals surface area contributed by atoms with Crippen LogP contribution in [0.4, 0.5) is 0 Å². The highest BCUT2D eigenvalue weighted by atomic mass is 35.5. The molecule has 1 saturated carbocycles. The van der Waals surface area contributed by atoms with Gasteiger partial charge in [-0.15, -0.1) is 11.8 Å². The van der Waals surface area contributed by atoms with Gasteiger partial charge in [0.25, 0.3) is 5.91 Å². The van der Waals surface area contributed by atoms with Crippen molar-refractivity contribution in [1.82, 2.24) is 5.32 Å². The van der Waals surface area contributed by atoms with E-state index < -0.39 is 0 Å². The van der Waals surface area contributed by atoms with Crippen molar-refractivity contribution in [2.45, 2.75) is 49.3 Å². The summed E-state index contributed by atoms with van der Waals surface area (Å²) < 4.78 is 5.75. The molecule has 138 valence electrons. The molecular formula is C21H24ClNO2S. The van der Waals surface area contributed by atoms with Crippen LogP contribution in [0.15, 0.2) is 47.4 Å². The molecule has 0 atom stereocenters. The fourth-order valence-corrected chi connectivity index (χ4v) is 4.16. The highest BCUT2D eigenvalue weighted by molar-refractivity contribution is 7.98. The third-order valence-electron chi connectivity index (χ3n) is 4.52. The third kappa shape index (κ3) is 5.18. The van der Waals surface area contributed by atoms with Gasteiger partial charge in [-0.2, -0.15) is 0 Å². The lowest BCUT2D eigenvalue weighted by Crippen LogP contribution is -2.32. The molecule has 2 aromatic rings. The molecule has 0 aliphatic heterocycles. The van der Waals surface area contributed by atoms with Gasteiger partial charge >= 0.3 is 0 Å². The first-order chi connectivity index (χ1) is 12.7. The molecule has 1 fully saturated rings. The summed E-state index contributed by atoms with van der Waals surface area (Å²) in [6.45, 7) is 2.57. The maximum atomic E-state index is 12.6. The van der Waals surface area contributed by atoms with E-state index in [9.17, 15) is 4.79 Å². The van der Waals surface area contributed by atoms with E-state index in [1.165, 1.54) is 12.8 Å². The zero-order valence-electron chi connectivity index (χ0n) is 15.0. The monoisotopic (exact) mass is 389 g/mol. The molecule has 3 nitrogen and oxygen atoms in total. The second kappa shape index (κ2) is 9.33. The summed E-state index contributed by atoms with van der Waals surface area (Å²) in [7, 11) is 0. The molecule has 0 spiro atoms. The Kier molecular flexibility index (Phi) is 6.86. The van der Waals surface area contributed by atoms with E-state index in [0.29, 0.717) is 18.2 Å². The smallest absolute Gasteiger partial charge is 0.251 e. The molecular weight excluding hydrogens is 366 g/mol. The van der Waals surface area contributed by atoms with E-state index in [2.05, 4.69) is 5.32 Å². The lowest BCUT2D eigenvalue weighted by Gasteiger charge is -2.15. The zero-order valence-corrected chi connectivity index (χ0v) is 16.5. The SMILES string of the molecule is CCOc1ccc(C(=O)NC2CCCC2)cc1CSc1ccc(Cl)cc1. The third-order valence-corrected chi connectivity index (χ3v) is 5.83. The second-order valence-corrected chi connectivity index (χ2v) is 7.94. The summed E-state index contributed by atoms with van der Waals surface area (Å²) in [4.78, 5) is 13.7. The average molecular weight is 390 g/mol. The fraction of sp³-hybridized carbons (Fsp3) is 0.381. The Morgan fingerprint density at radius 1 is 1.19 bits per heavy atom. The molecule has 0 unspecified atom stereocenters. The van der Waals surface area contributed by atoms with E-state index in [0.717, 1.165) is 39.8 Å². The summed E-state index contributed by atoms with van der Waals surface area (Å²) in [6, 6.07) is 13.8. The molecule has 1 aliphatic rings. The van der Waals surface area contributed by atoms with Crippen LogP contribution in [0.1, 0.15) is 48.5 Å². The van der Waals surface area contributed by atoms with Crippen LogP contribution in [-0.2, 0) is 5.75 Å². The van der Waals surface area contributed by atoms with Crippen LogP contribution in [0.3, 0.4) is 0 Å². The Balaban J connectivity index is 1.72. The second-order valence-electron chi connectivity index (χ2n) is 6.45. The Bertz CT molecular complexity index is 742. The van der Waals surface area contributed by atoms with Crippen LogP contribution in [0.5, 0.6) is 5.75 Å². The van der Waals surface area contributed by atoms with Crippen molar-refractivity contribution in [3.05, 3.63) is 58.6 Å². The quantitative estimate of drug-likeness (QED) is 0.617. The normalized spacial score (nSPS) is 14.4. The molecule has 1 N–H and O–H groups in total. The zero-order chi connectivity index (χ0) is 18.4. The maximum Gasteiger partial charge on any atom is 0.251 e. The average Bonchev–Trinajstić information content (AvgIpc) is 3.15. The molecule has 3 rings (SSSR count).